The van der Waals surface area contributed by atoms with Crippen molar-refractivity contribution in [2.75, 3.05) is 24.5 Å². The first-order valence-corrected chi connectivity index (χ1v) is 15.6. The van der Waals surface area contributed by atoms with Crippen LogP contribution in [0.3, 0.4) is 0 Å². The van der Waals surface area contributed by atoms with Crippen LogP contribution in [-0.4, -0.2) is 61.2 Å². The van der Waals surface area contributed by atoms with Gasteiger partial charge < -0.3 is 9.64 Å². The van der Waals surface area contributed by atoms with E-state index in [9.17, 15) is 26.4 Å². The van der Waals surface area contributed by atoms with Crippen molar-refractivity contribution in [3.05, 3.63) is 65.2 Å². The first kappa shape index (κ1) is 30.7. The minimum atomic E-state index is -4.45. The van der Waals surface area contributed by atoms with E-state index < -0.39 is 33.6 Å². The maximum Gasteiger partial charge on any atom is 0.394 e. The number of aryl methyl sites for hydroxylation is 2. The third kappa shape index (κ3) is 6.47. The summed E-state index contributed by atoms with van der Waals surface area (Å²) in [6.45, 7) is 5.88. The average molecular weight is 618 g/mol. The van der Waals surface area contributed by atoms with Gasteiger partial charge in [0.1, 0.15) is 6.61 Å². The van der Waals surface area contributed by atoms with Crippen molar-refractivity contribution in [1.29, 1.82) is 0 Å². The quantitative estimate of drug-likeness (QED) is 0.339. The van der Waals surface area contributed by atoms with Crippen LogP contribution in [0.25, 0.3) is 11.3 Å². The maximum absolute atomic E-state index is 14.2. The molecule has 1 fully saturated rings. The molecule has 3 aromatic rings. The van der Waals surface area contributed by atoms with Crippen LogP contribution in [0.4, 0.5) is 19.1 Å². The van der Waals surface area contributed by atoms with Gasteiger partial charge in [0, 0.05) is 17.2 Å². The van der Waals surface area contributed by atoms with Gasteiger partial charge in [-0.1, -0.05) is 31.2 Å². The summed E-state index contributed by atoms with van der Waals surface area (Å²) >= 11 is 0. The summed E-state index contributed by atoms with van der Waals surface area (Å²) in [5, 5.41) is 3.12. The number of alkyl halides is 3. The zero-order chi connectivity index (χ0) is 31.0. The number of carbonyl (C=O) groups is 1. The van der Waals surface area contributed by atoms with Gasteiger partial charge in [-0.2, -0.15) is 18.2 Å². The Morgan fingerprint density at radius 2 is 1.79 bits per heavy atom. The van der Waals surface area contributed by atoms with Gasteiger partial charge in [0.05, 0.1) is 28.7 Å². The Hall–Kier alpha value is -3.71. The molecule has 1 saturated carbocycles. The molecule has 1 aromatic heterocycles. The number of carbonyl (C=O) groups excluding carboxylic acids is 1. The van der Waals surface area contributed by atoms with Crippen LogP contribution >= 0.6 is 0 Å². The Kier molecular flexibility index (Phi) is 8.41. The second-order valence-electron chi connectivity index (χ2n) is 11.2. The van der Waals surface area contributed by atoms with E-state index in [4.69, 9.17) is 4.74 Å². The standard InChI is InChI=1S/C30H34F3N5O4S/c1-4-13-34-18-38-22(16-29(11-12-29)30(31,32)33)17-42-25-15-24(26-19(2)7-5-8-20(26)3)35-28(36-25)37-43(40,41)23-10-6-9-21(14-23)27(38)39/h5-10,14-15,22,34H,4,11-13,16-18H2,1-3H3,(H,35,36,37)/t22-/m1/s1. The van der Waals surface area contributed by atoms with E-state index >= 15 is 0 Å². The molecule has 13 heteroatoms. The number of nitrogens with one attached hydrogen (secondary N) is 2. The summed E-state index contributed by atoms with van der Waals surface area (Å²) in [5.74, 6) is -0.911. The molecule has 5 rings (SSSR count). The van der Waals surface area contributed by atoms with Crippen molar-refractivity contribution in [3.63, 3.8) is 0 Å². The number of amides is 1. The van der Waals surface area contributed by atoms with Crippen LogP contribution < -0.4 is 14.8 Å². The van der Waals surface area contributed by atoms with E-state index in [1.807, 2.05) is 39.0 Å². The lowest BCUT2D eigenvalue weighted by molar-refractivity contribution is -0.192. The Morgan fingerprint density at radius 1 is 1.09 bits per heavy atom. The highest BCUT2D eigenvalue weighted by atomic mass is 32.2. The summed E-state index contributed by atoms with van der Waals surface area (Å²) < 4.78 is 77.8. The molecule has 2 heterocycles. The Morgan fingerprint density at radius 3 is 2.44 bits per heavy atom. The predicted octanol–water partition coefficient (Wildman–Crippen LogP) is 5.45. The lowest BCUT2D eigenvalue weighted by atomic mass is 9.95. The first-order valence-electron chi connectivity index (χ1n) is 14.1. The number of sulfonamides is 1. The topological polar surface area (TPSA) is 114 Å². The first-order chi connectivity index (χ1) is 20.3. The third-order valence-electron chi connectivity index (χ3n) is 7.97. The Bertz CT molecular complexity index is 1610. The average Bonchev–Trinajstić information content (AvgIpc) is 3.74. The van der Waals surface area contributed by atoms with Crippen LogP contribution in [0.5, 0.6) is 5.88 Å². The lowest BCUT2D eigenvalue weighted by Crippen LogP contribution is -2.50. The molecule has 0 saturated heterocycles. The zero-order valence-electron chi connectivity index (χ0n) is 24.2. The molecule has 1 atom stereocenters. The number of anilines is 1. The van der Waals surface area contributed by atoms with Crippen LogP contribution in [-0.2, 0) is 10.0 Å². The van der Waals surface area contributed by atoms with Gasteiger partial charge >= 0.3 is 6.18 Å². The second kappa shape index (κ2) is 11.8. The maximum atomic E-state index is 14.2. The summed E-state index contributed by atoms with van der Waals surface area (Å²) in [6.07, 6.45) is -4.16. The fourth-order valence-corrected chi connectivity index (χ4v) is 6.41. The minimum absolute atomic E-state index is 0.0196. The Balaban J connectivity index is 1.65. The van der Waals surface area contributed by atoms with E-state index in [0.717, 1.165) is 23.1 Å². The van der Waals surface area contributed by atoms with Crippen molar-refractivity contribution < 1.29 is 31.1 Å². The van der Waals surface area contributed by atoms with Crippen LogP contribution in [0.2, 0.25) is 0 Å². The number of nitrogens with zero attached hydrogens (tertiary/aromatic N) is 3. The molecule has 2 aliphatic rings. The molecule has 230 valence electrons. The summed E-state index contributed by atoms with van der Waals surface area (Å²) in [7, 11) is -4.26. The number of hydrogen-bond donors (Lipinski definition) is 2. The molecule has 43 heavy (non-hydrogen) atoms. The van der Waals surface area contributed by atoms with Crippen molar-refractivity contribution in [2.24, 2.45) is 5.41 Å². The van der Waals surface area contributed by atoms with Gasteiger partial charge in [-0.3, -0.25) is 10.1 Å². The van der Waals surface area contributed by atoms with Crippen LogP contribution in [0.1, 0.15) is 54.1 Å². The lowest BCUT2D eigenvalue weighted by Gasteiger charge is -2.35. The van der Waals surface area contributed by atoms with Gasteiger partial charge in [-0.05, 0) is 75.4 Å². The highest BCUT2D eigenvalue weighted by Gasteiger charge is 2.64. The number of benzene rings is 2. The third-order valence-corrected chi connectivity index (χ3v) is 9.30. The van der Waals surface area contributed by atoms with Gasteiger partial charge in [0.2, 0.25) is 11.8 Å². The van der Waals surface area contributed by atoms with Crippen molar-refractivity contribution in [1.82, 2.24) is 20.2 Å². The SMILES string of the molecule is CCCNCN1C(=O)c2cccc(c2)S(=O)(=O)Nc2nc(cc(-c3c(C)cccc3C)n2)OC[C@H]1CC1(C(F)(F)F)CC1. The van der Waals surface area contributed by atoms with E-state index in [-0.39, 0.29) is 54.8 Å². The molecule has 2 N–H and O–H groups in total. The molecule has 0 radical (unpaired) electrons. The number of fused-ring (bicyclic) bond motifs is 4. The Labute approximate surface area is 248 Å². The van der Waals surface area contributed by atoms with Gasteiger partial charge in [0.25, 0.3) is 15.9 Å². The summed E-state index contributed by atoms with van der Waals surface area (Å²) in [5.41, 5.74) is 0.970. The van der Waals surface area contributed by atoms with E-state index in [0.29, 0.717) is 12.2 Å². The molecule has 9 nitrogen and oxygen atoms in total. The number of rotatable bonds is 7. The van der Waals surface area contributed by atoms with Crippen molar-refractivity contribution in [2.45, 2.75) is 63.6 Å². The normalized spacial score (nSPS) is 19.3. The molecule has 2 aromatic carbocycles. The smallest absolute Gasteiger partial charge is 0.394 e. The second-order valence-corrected chi connectivity index (χ2v) is 12.9. The number of hydrogen-bond acceptors (Lipinski definition) is 7. The van der Waals surface area contributed by atoms with Gasteiger partial charge in [-0.25, -0.2) is 18.1 Å². The summed E-state index contributed by atoms with van der Waals surface area (Å²) in [6, 6.07) is 11.6. The predicted molar refractivity (Wildman–Crippen MR) is 155 cm³/mol. The number of aromatic nitrogens is 2. The van der Waals surface area contributed by atoms with E-state index in [2.05, 4.69) is 20.0 Å². The van der Waals surface area contributed by atoms with Crippen LogP contribution in [0, 0.1) is 19.3 Å². The molecule has 4 bridgehead atoms. The molecule has 1 amide bonds. The minimum Gasteiger partial charge on any atom is -0.475 e. The fourth-order valence-electron chi connectivity index (χ4n) is 5.42. The molecule has 0 spiro atoms. The molecule has 1 aliphatic carbocycles. The largest absolute Gasteiger partial charge is 0.475 e. The van der Waals surface area contributed by atoms with Crippen LogP contribution in [0.15, 0.2) is 53.4 Å². The highest BCUT2D eigenvalue weighted by Crippen LogP contribution is 2.60. The molecular formula is C30H34F3N5O4S. The van der Waals surface area contributed by atoms with E-state index in [1.165, 1.54) is 35.2 Å². The zero-order valence-corrected chi connectivity index (χ0v) is 25.0. The van der Waals surface area contributed by atoms with Crippen molar-refractivity contribution >= 4 is 21.9 Å². The monoisotopic (exact) mass is 617 g/mol. The molecule has 1 aliphatic heterocycles. The number of ether oxygens (including phenoxy) is 1. The van der Waals surface area contributed by atoms with E-state index in [1.54, 1.807) is 0 Å². The molecular weight excluding hydrogens is 583 g/mol. The fraction of sp³-hybridized carbons (Fsp3) is 0.433. The highest BCUT2D eigenvalue weighted by molar-refractivity contribution is 7.92. The number of halogens is 3. The van der Waals surface area contributed by atoms with Gasteiger partial charge in [-0.15, -0.1) is 0 Å². The van der Waals surface area contributed by atoms with Crippen molar-refractivity contribution in [3.8, 4) is 17.1 Å². The summed E-state index contributed by atoms with van der Waals surface area (Å²) in [4.78, 5) is 23.7. The van der Waals surface area contributed by atoms with Gasteiger partial charge in [0.15, 0.2) is 0 Å². The molecule has 0 unspecified atom stereocenters.